The zero-order valence-corrected chi connectivity index (χ0v) is 9.43. The van der Waals surface area contributed by atoms with Gasteiger partial charge in [-0.2, -0.15) is 0 Å². The third-order valence-electron chi connectivity index (χ3n) is 2.21. The lowest BCUT2D eigenvalue weighted by atomic mass is 10.2. The summed E-state index contributed by atoms with van der Waals surface area (Å²) >= 11 is 3.24. The summed E-state index contributed by atoms with van der Waals surface area (Å²) in [4.78, 5) is 25.3. The first-order valence-electron chi connectivity index (χ1n) is 4.56. The van der Waals surface area contributed by atoms with E-state index < -0.39 is 0 Å². The van der Waals surface area contributed by atoms with Gasteiger partial charge >= 0.3 is 0 Å². The molecular formula is C9H10BrN3O2. The van der Waals surface area contributed by atoms with Crippen molar-refractivity contribution in [1.29, 1.82) is 0 Å². The quantitative estimate of drug-likeness (QED) is 0.728. The Bertz CT molecular complexity index is 402. The van der Waals surface area contributed by atoms with Gasteiger partial charge in [-0.25, -0.2) is 0 Å². The van der Waals surface area contributed by atoms with Crippen molar-refractivity contribution < 1.29 is 9.59 Å². The van der Waals surface area contributed by atoms with Crippen LogP contribution in [0.4, 0.5) is 0 Å². The number of halogens is 1. The number of amides is 2. The van der Waals surface area contributed by atoms with Gasteiger partial charge in [-0.05, 0) is 22.0 Å². The Morgan fingerprint density at radius 3 is 2.93 bits per heavy atom. The van der Waals surface area contributed by atoms with Gasteiger partial charge in [0.2, 0.25) is 5.91 Å². The van der Waals surface area contributed by atoms with E-state index in [-0.39, 0.29) is 17.9 Å². The van der Waals surface area contributed by atoms with E-state index in [0.717, 1.165) is 4.47 Å². The van der Waals surface area contributed by atoms with Crippen LogP contribution in [0.5, 0.6) is 0 Å². The van der Waals surface area contributed by atoms with Crippen LogP contribution < -0.4 is 10.6 Å². The number of hydrogen-bond donors (Lipinski definition) is 3. The highest BCUT2D eigenvalue weighted by Gasteiger charge is 2.23. The van der Waals surface area contributed by atoms with E-state index >= 15 is 0 Å². The molecule has 3 N–H and O–H groups in total. The molecule has 1 fully saturated rings. The SMILES string of the molecule is O=C1CC(NC(=O)c2cc(Br)c[nH]2)CN1. The minimum absolute atomic E-state index is 0.0204. The maximum atomic E-state index is 11.6. The molecule has 1 unspecified atom stereocenters. The lowest BCUT2D eigenvalue weighted by molar-refractivity contribution is -0.119. The molecule has 1 aromatic rings. The summed E-state index contributed by atoms with van der Waals surface area (Å²) in [6.07, 6.45) is 2.04. The molecule has 2 amide bonds. The van der Waals surface area contributed by atoms with E-state index in [4.69, 9.17) is 0 Å². The molecule has 0 spiro atoms. The topological polar surface area (TPSA) is 74.0 Å². The van der Waals surface area contributed by atoms with Crippen LogP contribution >= 0.6 is 15.9 Å². The molecule has 0 radical (unpaired) electrons. The minimum Gasteiger partial charge on any atom is -0.356 e. The molecule has 1 aromatic heterocycles. The van der Waals surface area contributed by atoms with E-state index in [0.29, 0.717) is 18.7 Å². The fraction of sp³-hybridized carbons (Fsp3) is 0.333. The predicted molar refractivity (Wildman–Crippen MR) is 57.4 cm³/mol. The summed E-state index contributed by atoms with van der Waals surface area (Å²) in [5.74, 6) is -0.213. The Morgan fingerprint density at radius 2 is 2.40 bits per heavy atom. The number of H-pyrrole nitrogens is 1. The summed E-state index contributed by atoms with van der Waals surface area (Å²) < 4.78 is 0.827. The number of rotatable bonds is 2. The molecule has 0 bridgehead atoms. The second-order valence-corrected chi connectivity index (χ2v) is 4.33. The normalized spacial score (nSPS) is 20.1. The zero-order chi connectivity index (χ0) is 10.8. The first-order valence-corrected chi connectivity index (χ1v) is 5.36. The molecule has 0 saturated carbocycles. The molecule has 6 heteroatoms. The van der Waals surface area contributed by atoms with Gasteiger partial charge in [0.05, 0.1) is 6.04 Å². The molecular weight excluding hydrogens is 262 g/mol. The lowest BCUT2D eigenvalue weighted by Crippen LogP contribution is -2.36. The van der Waals surface area contributed by atoms with Crippen LogP contribution in [0.2, 0.25) is 0 Å². The monoisotopic (exact) mass is 271 g/mol. The van der Waals surface area contributed by atoms with Crippen molar-refractivity contribution in [1.82, 2.24) is 15.6 Å². The van der Waals surface area contributed by atoms with Gasteiger partial charge in [0.25, 0.3) is 5.91 Å². The van der Waals surface area contributed by atoms with Gasteiger partial charge in [0.15, 0.2) is 0 Å². The van der Waals surface area contributed by atoms with Gasteiger partial charge in [-0.3, -0.25) is 9.59 Å². The van der Waals surface area contributed by atoms with Gasteiger partial charge in [0, 0.05) is 23.6 Å². The van der Waals surface area contributed by atoms with Crippen molar-refractivity contribution in [2.75, 3.05) is 6.54 Å². The van der Waals surface area contributed by atoms with Gasteiger partial charge in [0.1, 0.15) is 5.69 Å². The lowest BCUT2D eigenvalue weighted by Gasteiger charge is -2.08. The fourth-order valence-electron chi connectivity index (χ4n) is 1.47. The van der Waals surface area contributed by atoms with Crippen LogP contribution in [0.1, 0.15) is 16.9 Å². The molecule has 1 aliphatic rings. The van der Waals surface area contributed by atoms with E-state index in [1.54, 1.807) is 12.3 Å². The average molecular weight is 272 g/mol. The van der Waals surface area contributed by atoms with Crippen molar-refractivity contribution >= 4 is 27.7 Å². The minimum atomic E-state index is -0.192. The summed E-state index contributed by atoms with van der Waals surface area (Å²) in [5, 5.41) is 5.42. The van der Waals surface area contributed by atoms with Gasteiger partial charge in [-0.15, -0.1) is 0 Å². The Hall–Kier alpha value is -1.30. The van der Waals surface area contributed by atoms with Crippen LogP contribution in [0.25, 0.3) is 0 Å². The summed E-state index contributed by atoms with van der Waals surface area (Å²) in [5.41, 5.74) is 0.487. The number of nitrogens with one attached hydrogen (secondary N) is 3. The van der Waals surface area contributed by atoms with E-state index in [1.807, 2.05) is 0 Å². The molecule has 1 saturated heterocycles. The number of hydrogen-bond acceptors (Lipinski definition) is 2. The standard InChI is InChI=1S/C9H10BrN3O2/c10-5-1-7(11-3-5)9(15)13-6-2-8(14)12-4-6/h1,3,6,11H,2,4H2,(H,12,14)(H,13,15). The third-order valence-corrected chi connectivity index (χ3v) is 2.66. The average Bonchev–Trinajstić information content (AvgIpc) is 2.75. The number of carbonyl (C=O) groups excluding carboxylic acids is 2. The number of aromatic amines is 1. The molecule has 2 heterocycles. The Labute approximate surface area is 94.7 Å². The van der Waals surface area contributed by atoms with Gasteiger partial charge in [-0.1, -0.05) is 0 Å². The molecule has 5 nitrogen and oxygen atoms in total. The Kier molecular flexibility index (Phi) is 2.77. The third kappa shape index (κ3) is 2.38. The first-order chi connectivity index (χ1) is 7.15. The maximum Gasteiger partial charge on any atom is 0.268 e. The number of aromatic nitrogens is 1. The molecule has 15 heavy (non-hydrogen) atoms. The van der Waals surface area contributed by atoms with Crippen LogP contribution in [0.15, 0.2) is 16.7 Å². The molecule has 1 aliphatic heterocycles. The summed E-state index contributed by atoms with van der Waals surface area (Å²) in [6.45, 7) is 0.506. The van der Waals surface area contributed by atoms with Crippen molar-refractivity contribution in [3.05, 3.63) is 22.4 Å². The van der Waals surface area contributed by atoms with Crippen molar-refractivity contribution in [3.63, 3.8) is 0 Å². The smallest absolute Gasteiger partial charge is 0.268 e. The van der Waals surface area contributed by atoms with Gasteiger partial charge < -0.3 is 15.6 Å². The number of carbonyl (C=O) groups is 2. The summed E-state index contributed by atoms with van der Waals surface area (Å²) in [6, 6.07) is 1.59. The van der Waals surface area contributed by atoms with E-state index in [2.05, 4.69) is 31.5 Å². The van der Waals surface area contributed by atoms with Crippen molar-refractivity contribution in [3.8, 4) is 0 Å². The van der Waals surface area contributed by atoms with Crippen LogP contribution in [0, 0.1) is 0 Å². The second kappa shape index (κ2) is 4.06. The molecule has 2 rings (SSSR count). The fourth-order valence-corrected chi connectivity index (χ4v) is 1.81. The molecule has 0 aromatic carbocycles. The van der Waals surface area contributed by atoms with E-state index in [9.17, 15) is 9.59 Å². The van der Waals surface area contributed by atoms with Crippen LogP contribution in [-0.4, -0.2) is 29.4 Å². The van der Waals surface area contributed by atoms with Crippen LogP contribution in [0.3, 0.4) is 0 Å². The highest BCUT2D eigenvalue weighted by atomic mass is 79.9. The highest BCUT2D eigenvalue weighted by molar-refractivity contribution is 9.10. The molecule has 0 aliphatic carbocycles. The second-order valence-electron chi connectivity index (χ2n) is 3.41. The largest absolute Gasteiger partial charge is 0.356 e. The van der Waals surface area contributed by atoms with E-state index in [1.165, 1.54) is 0 Å². The first kappa shape index (κ1) is 10.2. The zero-order valence-electron chi connectivity index (χ0n) is 7.84. The Morgan fingerprint density at radius 1 is 1.60 bits per heavy atom. The van der Waals surface area contributed by atoms with Crippen LogP contribution in [-0.2, 0) is 4.79 Å². The Balaban J connectivity index is 1.95. The van der Waals surface area contributed by atoms with Crippen molar-refractivity contribution in [2.45, 2.75) is 12.5 Å². The molecule has 1 atom stereocenters. The maximum absolute atomic E-state index is 11.6. The summed E-state index contributed by atoms with van der Waals surface area (Å²) in [7, 11) is 0. The highest BCUT2D eigenvalue weighted by Crippen LogP contribution is 2.11. The predicted octanol–water partition coefficient (Wildman–Crippen LogP) is 0.395. The molecule has 80 valence electrons. The van der Waals surface area contributed by atoms with Crippen molar-refractivity contribution in [2.24, 2.45) is 0 Å².